The maximum atomic E-state index is 5.48. The van der Waals surface area contributed by atoms with Gasteiger partial charge in [0.1, 0.15) is 0 Å². The molecular weight excluding hydrogens is 248 g/mol. The Balaban J connectivity index is 1.40. The summed E-state index contributed by atoms with van der Waals surface area (Å²) in [5, 5.41) is 0. The summed E-state index contributed by atoms with van der Waals surface area (Å²) in [6, 6.07) is 4.27. The zero-order valence-electron chi connectivity index (χ0n) is 12.3. The van der Waals surface area contributed by atoms with Crippen molar-refractivity contribution in [3.8, 4) is 0 Å². The summed E-state index contributed by atoms with van der Waals surface area (Å²) in [7, 11) is 0. The summed E-state index contributed by atoms with van der Waals surface area (Å²) in [4.78, 5) is 6.71. The average molecular weight is 274 g/mol. The van der Waals surface area contributed by atoms with Gasteiger partial charge < -0.3 is 9.64 Å². The first-order chi connectivity index (χ1) is 9.92. The van der Waals surface area contributed by atoms with Crippen LogP contribution in [0.3, 0.4) is 0 Å². The number of nitrogens with zero attached hydrogens (tertiary/aromatic N) is 2. The Morgan fingerprint density at radius 2 is 1.65 bits per heavy atom. The van der Waals surface area contributed by atoms with E-state index >= 15 is 0 Å². The molecule has 3 heteroatoms. The molecule has 20 heavy (non-hydrogen) atoms. The summed E-state index contributed by atoms with van der Waals surface area (Å²) in [6.07, 6.45) is 10.3. The fraction of sp³-hybridized carbons (Fsp3) is 0.706. The van der Waals surface area contributed by atoms with E-state index in [-0.39, 0.29) is 0 Å². The standard InChI is InChI=1S/C17H26N2O/c1-8-18-9-2-15(1)3-10-19-11-4-16(5-12-19)17-6-13-20-14-7-17/h1-2,8-9,16-17H,3-7,10-14H2. The number of hydrogen-bond acceptors (Lipinski definition) is 3. The molecule has 0 N–H and O–H groups in total. The van der Waals surface area contributed by atoms with E-state index in [1.807, 2.05) is 12.4 Å². The summed E-state index contributed by atoms with van der Waals surface area (Å²) in [6.45, 7) is 5.75. The third kappa shape index (κ3) is 3.80. The molecule has 3 rings (SSSR count). The predicted molar refractivity (Wildman–Crippen MR) is 80.6 cm³/mol. The van der Waals surface area contributed by atoms with Gasteiger partial charge in [0, 0.05) is 32.2 Å². The van der Waals surface area contributed by atoms with Gasteiger partial charge in [-0.05, 0) is 74.7 Å². The van der Waals surface area contributed by atoms with E-state index in [0.29, 0.717) is 0 Å². The van der Waals surface area contributed by atoms with Crippen LogP contribution in [0.15, 0.2) is 24.5 Å². The molecule has 2 aliphatic rings. The molecule has 0 aliphatic carbocycles. The van der Waals surface area contributed by atoms with Crippen molar-refractivity contribution in [2.45, 2.75) is 32.1 Å². The van der Waals surface area contributed by atoms with Crippen molar-refractivity contribution >= 4 is 0 Å². The fourth-order valence-electron chi connectivity index (χ4n) is 3.67. The minimum atomic E-state index is 0.936. The molecule has 2 aliphatic heterocycles. The van der Waals surface area contributed by atoms with Crippen molar-refractivity contribution in [3.05, 3.63) is 30.1 Å². The van der Waals surface area contributed by atoms with E-state index in [1.54, 1.807) is 0 Å². The Morgan fingerprint density at radius 1 is 1.00 bits per heavy atom. The normalized spacial score (nSPS) is 23.0. The smallest absolute Gasteiger partial charge is 0.0468 e. The predicted octanol–water partition coefficient (Wildman–Crippen LogP) is 2.76. The maximum absolute atomic E-state index is 5.48. The van der Waals surface area contributed by atoms with Crippen LogP contribution in [0.1, 0.15) is 31.2 Å². The molecule has 1 aromatic rings. The highest BCUT2D eigenvalue weighted by molar-refractivity contribution is 5.09. The monoisotopic (exact) mass is 274 g/mol. The van der Waals surface area contributed by atoms with E-state index in [9.17, 15) is 0 Å². The molecule has 0 bridgehead atoms. The van der Waals surface area contributed by atoms with E-state index in [4.69, 9.17) is 4.74 Å². The Hall–Kier alpha value is -0.930. The lowest BCUT2D eigenvalue weighted by molar-refractivity contribution is 0.0305. The minimum absolute atomic E-state index is 0.936. The Morgan fingerprint density at radius 3 is 2.35 bits per heavy atom. The van der Waals surface area contributed by atoms with E-state index in [2.05, 4.69) is 22.0 Å². The van der Waals surface area contributed by atoms with Crippen molar-refractivity contribution in [1.82, 2.24) is 9.88 Å². The highest BCUT2D eigenvalue weighted by Gasteiger charge is 2.27. The van der Waals surface area contributed by atoms with Crippen LogP contribution >= 0.6 is 0 Å². The first kappa shape index (κ1) is 14.0. The summed E-state index contributed by atoms with van der Waals surface area (Å²) in [5.74, 6) is 1.89. The van der Waals surface area contributed by atoms with Gasteiger partial charge in [0.2, 0.25) is 0 Å². The van der Waals surface area contributed by atoms with E-state index in [1.165, 1.54) is 50.9 Å². The number of hydrogen-bond donors (Lipinski definition) is 0. The SMILES string of the molecule is c1cc(CCN2CCC(C3CCOCC3)CC2)ccn1. The minimum Gasteiger partial charge on any atom is -0.381 e. The van der Waals surface area contributed by atoms with Gasteiger partial charge in [-0.25, -0.2) is 0 Å². The molecule has 0 saturated carbocycles. The number of rotatable bonds is 4. The molecule has 0 radical (unpaired) electrons. The largest absolute Gasteiger partial charge is 0.381 e. The fourth-order valence-corrected chi connectivity index (χ4v) is 3.67. The quantitative estimate of drug-likeness (QED) is 0.844. The van der Waals surface area contributed by atoms with Gasteiger partial charge in [0.05, 0.1) is 0 Å². The van der Waals surface area contributed by atoms with Gasteiger partial charge in [-0.2, -0.15) is 0 Å². The second kappa shape index (κ2) is 7.19. The van der Waals surface area contributed by atoms with Crippen molar-refractivity contribution < 1.29 is 4.74 Å². The van der Waals surface area contributed by atoms with Gasteiger partial charge in [-0.15, -0.1) is 0 Å². The van der Waals surface area contributed by atoms with Crippen LogP contribution in [0.5, 0.6) is 0 Å². The highest BCUT2D eigenvalue weighted by atomic mass is 16.5. The van der Waals surface area contributed by atoms with Crippen molar-refractivity contribution in [1.29, 1.82) is 0 Å². The van der Waals surface area contributed by atoms with Crippen molar-refractivity contribution in [2.24, 2.45) is 11.8 Å². The van der Waals surface area contributed by atoms with Gasteiger partial charge in [-0.1, -0.05) is 0 Å². The second-order valence-corrected chi connectivity index (χ2v) is 6.23. The third-order valence-electron chi connectivity index (χ3n) is 5.03. The van der Waals surface area contributed by atoms with Crippen LogP contribution in [0.2, 0.25) is 0 Å². The second-order valence-electron chi connectivity index (χ2n) is 6.23. The molecule has 0 unspecified atom stereocenters. The maximum Gasteiger partial charge on any atom is 0.0468 e. The van der Waals surface area contributed by atoms with Gasteiger partial charge in [0.25, 0.3) is 0 Å². The molecule has 1 aromatic heterocycles. The number of aromatic nitrogens is 1. The molecule has 2 saturated heterocycles. The molecular formula is C17H26N2O. The third-order valence-corrected chi connectivity index (χ3v) is 5.03. The van der Waals surface area contributed by atoms with Gasteiger partial charge >= 0.3 is 0 Å². The number of pyridine rings is 1. The van der Waals surface area contributed by atoms with Crippen LogP contribution < -0.4 is 0 Å². The number of piperidine rings is 1. The van der Waals surface area contributed by atoms with Crippen LogP contribution in [-0.2, 0) is 11.2 Å². The number of ether oxygens (including phenoxy) is 1. The van der Waals surface area contributed by atoms with Crippen LogP contribution in [0.25, 0.3) is 0 Å². The zero-order valence-corrected chi connectivity index (χ0v) is 12.3. The van der Waals surface area contributed by atoms with E-state index in [0.717, 1.165) is 31.5 Å². The van der Waals surface area contributed by atoms with Crippen LogP contribution in [0, 0.1) is 11.8 Å². The first-order valence-corrected chi connectivity index (χ1v) is 8.11. The van der Waals surface area contributed by atoms with Crippen molar-refractivity contribution in [3.63, 3.8) is 0 Å². The zero-order chi connectivity index (χ0) is 13.6. The molecule has 0 aromatic carbocycles. The van der Waals surface area contributed by atoms with Crippen LogP contribution in [-0.4, -0.2) is 42.7 Å². The lowest BCUT2D eigenvalue weighted by atomic mass is 9.80. The molecule has 110 valence electrons. The molecule has 0 spiro atoms. The first-order valence-electron chi connectivity index (χ1n) is 8.11. The highest BCUT2D eigenvalue weighted by Crippen LogP contribution is 2.31. The summed E-state index contributed by atoms with van der Waals surface area (Å²) >= 11 is 0. The van der Waals surface area contributed by atoms with Crippen molar-refractivity contribution in [2.75, 3.05) is 32.8 Å². The number of likely N-dealkylation sites (tertiary alicyclic amines) is 1. The molecule has 2 fully saturated rings. The Kier molecular flexibility index (Phi) is 5.04. The Bertz CT molecular complexity index is 381. The summed E-state index contributed by atoms with van der Waals surface area (Å²) < 4.78 is 5.48. The van der Waals surface area contributed by atoms with Gasteiger partial charge in [0.15, 0.2) is 0 Å². The molecule has 0 amide bonds. The Labute approximate surface area is 122 Å². The molecule has 3 nitrogen and oxygen atoms in total. The average Bonchev–Trinajstić information content (AvgIpc) is 2.55. The van der Waals surface area contributed by atoms with Crippen LogP contribution in [0.4, 0.5) is 0 Å². The molecule has 0 atom stereocenters. The lowest BCUT2D eigenvalue weighted by Gasteiger charge is -2.37. The van der Waals surface area contributed by atoms with Gasteiger partial charge in [-0.3, -0.25) is 4.98 Å². The van der Waals surface area contributed by atoms with E-state index < -0.39 is 0 Å². The topological polar surface area (TPSA) is 25.4 Å². The molecule has 3 heterocycles. The lowest BCUT2D eigenvalue weighted by Crippen LogP contribution is -2.38. The summed E-state index contributed by atoms with van der Waals surface area (Å²) in [5.41, 5.74) is 1.41.